The molecule has 0 N–H and O–H groups in total. The zero-order valence-electron chi connectivity index (χ0n) is 14.3. The minimum Gasteiger partial charge on any atom is -0.496 e. The van der Waals surface area contributed by atoms with Crippen LogP contribution in [0.25, 0.3) is 0 Å². The molecule has 4 nitrogen and oxygen atoms in total. The zero-order chi connectivity index (χ0) is 17.6. The van der Waals surface area contributed by atoms with Crippen molar-refractivity contribution in [2.45, 2.75) is 32.1 Å². The van der Waals surface area contributed by atoms with Crippen LogP contribution >= 0.6 is 0 Å². The van der Waals surface area contributed by atoms with Crippen molar-refractivity contribution in [2.75, 3.05) is 20.2 Å². The Labute approximate surface area is 146 Å². The lowest BCUT2D eigenvalue weighted by Crippen LogP contribution is -2.39. The normalized spacial score (nSPS) is 18.3. The second-order valence-corrected chi connectivity index (χ2v) is 6.17. The smallest absolute Gasteiger partial charge is 0.167 e. The predicted octanol–water partition coefficient (Wildman–Crippen LogP) is 3.55. The number of nitrogens with zero attached hydrogens (tertiary/aromatic N) is 2. The highest BCUT2D eigenvalue weighted by atomic mass is 19.2. The molecule has 1 aromatic carbocycles. The average molecular weight is 348 g/mol. The van der Waals surface area contributed by atoms with Crippen molar-refractivity contribution < 1.29 is 18.3 Å². The molecule has 2 heterocycles. The summed E-state index contributed by atoms with van der Waals surface area (Å²) in [4.78, 5) is 6.32. The van der Waals surface area contributed by atoms with Gasteiger partial charge in [-0.05, 0) is 43.7 Å². The largest absolute Gasteiger partial charge is 0.496 e. The molecular formula is C19H22F2N2O2. The Hall–Kier alpha value is -2.05. The maximum absolute atomic E-state index is 14.1. The Kier molecular flexibility index (Phi) is 5.94. The quantitative estimate of drug-likeness (QED) is 0.800. The van der Waals surface area contributed by atoms with Crippen molar-refractivity contribution >= 4 is 0 Å². The van der Waals surface area contributed by atoms with Gasteiger partial charge in [0.15, 0.2) is 11.6 Å². The van der Waals surface area contributed by atoms with Crippen LogP contribution in [-0.2, 0) is 17.9 Å². The molecular weight excluding hydrogens is 326 g/mol. The number of rotatable bonds is 6. The number of benzene rings is 1. The van der Waals surface area contributed by atoms with Crippen LogP contribution in [0.4, 0.5) is 8.78 Å². The maximum Gasteiger partial charge on any atom is 0.167 e. The van der Waals surface area contributed by atoms with Crippen LogP contribution < -0.4 is 4.74 Å². The summed E-state index contributed by atoms with van der Waals surface area (Å²) < 4.78 is 38.8. The lowest BCUT2D eigenvalue weighted by Gasteiger charge is -2.33. The number of methoxy groups -OCH3 is 1. The van der Waals surface area contributed by atoms with E-state index in [0.29, 0.717) is 25.4 Å². The summed E-state index contributed by atoms with van der Waals surface area (Å²) in [5.74, 6) is -1.32. The molecule has 2 aromatic rings. The molecule has 0 bridgehead atoms. The predicted molar refractivity (Wildman–Crippen MR) is 90.2 cm³/mol. The first-order chi connectivity index (χ1) is 12.2. The van der Waals surface area contributed by atoms with E-state index < -0.39 is 11.6 Å². The highest BCUT2D eigenvalue weighted by molar-refractivity contribution is 5.35. The molecule has 1 fully saturated rings. The van der Waals surface area contributed by atoms with Crippen LogP contribution in [0.5, 0.6) is 5.75 Å². The third-order valence-corrected chi connectivity index (χ3v) is 4.41. The van der Waals surface area contributed by atoms with E-state index in [2.05, 4.69) is 9.88 Å². The molecule has 1 aromatic heterocycles. The topological polar surface area (TPSA) is 34.6 Å². The van der Waals surface area contributed by atoms with Gasteiger partial charge < -0.3 is 9.47 Å². The number of piperidine rings is 1. The van der Waals surface area contributed by atoms with Gasteiger partial charge in [-0.1, -0.05) is 6.07 Å². The molecule has 0 spiro atoms. The molecule has 1 aliphatic rings. The van der Waals surface area contributed by atoms with Gasteiger partial charge in [-0.25, -0.2) is 8.78 Å². The van der Waals surface area contributed by atoms with Crippen molar-refractivity contribution in [1.82, 2.24) is 9.88 Å². The second kappa shape index (κ2) is 8.36. The van der Waals surface area contributed by atoms with E-state index in [1.54, 1.807) is 6.20 Å². The fourth-order valence-corrected chi connectivity index (χ4v) is 3.12. The molecule has 0 amide bonds. The van der Waals surface area contributed by atoms with E-state index in [-0.39, 0.29) is 11.7 Å². The van der Waals surface area contributed by atoms with E-state index in [4.69, 9.17) is 9.47 Å². The highest BCUT2D eigenvalue weighted by Crippen LogP contribution is 2.26. The summed E-state index contributed by atoms with van der Waals surface area (Å²) in [6, 6.07) is 8.28. The van der Waals surface area contributed by atoms with Crippen LogP contribution in [0, 0.1) is 11.6 Å². The lowest BCUT2D eigenvalue weighted by molar-refractivity contribution is -0.0136. The summed E-state index contributed by atoms with van der Waals surface area (Å²) >= 11 is 0. The first-order valence-corrected chi connectivity index (χ1v) is 8.42. The standard InChI is InChI=1S/C19H22F2N2O2/c1-24-18-8-7-17(20)19(21)16(18)12-23-10-4-6-15(11-23)25-13-14-5-2-3-9-22-14/h2-3,5,7-9,15H,4,6,10-13H2,1H3/t15-/m1/s1. The number of hydrogen-bond donors (Lipinski definition) is 0. The molecule has 1 saturated heterocycles. The van der Waals surface area contributed by atoms with Crippen LogP contribution in [0.1, 0.15) is 24.1 Å². The molecule has 25 heavy (non-hydrogen) atoms. The van der Waals surface area contributed by atoms with Gasteiger partial charge in [0.1, 0.15) is 5.75 Å². The van der Waals surface area contributed by atoms with Crippen molar-refractivity contribution in [3.05, 3.63) is 59.4 Å². The molecule has 0 saturated carbocycles. The van der Waals surface area contributed by atoms with Crippen molar-refractivity contribution in [3.63, 3.8) is 0 Å². The van der Waals surface area contributed by atoms with Crippen LogP contribution in [0.15, 0.2) is 36.5 Å². The third-order valence-electron chi connectivity index (χ3n) is 4.41. The van der Waals surface area contributed by atoms with Gasteiger partial charge in [-0.2, -0.15) is 0 Å². The maximum atomic E-state index is 14.1. The Bertz CT molecular complexity index is 697. The lowest BCUT2D eigenvalue weighted by atomic mass is 10.1. The molecule has 0 radical (unpaired) electrons. The van der Waals surface area contributed by atoms with Gasteiger partial charge in [0.25, 0.3) is 0 Å². The summed E-state index contributed by atoms with van der Waals surface area (Å²) in [6.45, 7) is 2.25. The molecule has 1 aliphatic heterocycles. The SMILES string of the molecule is COc1ccc(F)c(F)c1CN1CCC[C@@H](OCc2ccccn2)C1. The van der Waals surface area contributed by atoms with E-state index in [1.165, 1.54) is 13.2 Å². The second-order valence-electron chi connectivity index (χ2n) is 6.17. The summed E-state index contributed by atoms with van der Waals surface area (Å²) in [5, 5.41) is 0. The van der Waals surface area contributed by atoms with Crippen LogP contribution in [0.2, 0.25) is 0 Å². The molecule has 0 aliphatic carbocycles. The van der Waals surface area contributed by atoms with Gasteiger partial charge in [-0.15, -0.1) is 0 Å². The molecule has 0 unspecified atom stereocenters. The third kappa shape index (κ3) is 4.52. The Morgan fingerprint density at radius 2 is 2.12 bits per heavy atom. The number of halogens is 2. The zero-order valence-corrected chi connectivity index (χ0v) is 14.3. The minimum absolute atomic E-state index is 0.0540. The summed E-state index contributed by atoms with van der Waals surface area (Å²) in [6.07, 6.45) is 3.70. The fraction of sp³-hybridized carbons (Fsp3) is 0.421. The monoisotopic (exact) mass is 348 g/mol. The van der Waals surface area contributed by atoms with Gasteiger partial charge in [0, 0.05) is 24.8 Å². The first kappa shape index (κ1) is 17.8. The highest BCUT2D eigenvalue weighted by Gasteiger charge is 2.24. The van der Waals surface area contributed by atoms with Gasteiger partial charge >= 0.3 is 0 Å². The Balaban J connectivity index is 1.61. The minimum atomic E-state index is -0.851. The Morgan fingerprint density at radius 1 is 1.24 bits per heavy atom. The summed E-state index contributed by atoms with van der Waals surface area (Å²) in [7, 11) is 1.46. The first-order valence-electron chi connectivity index (χ1n) is 8.42. The van der Waals surface area contributed by atoms with Gasteiger partial charge in [-0.3, -0.25) is 9.88 Å². The van der Waals surface area contributed by atoms with E-state index in [1.807, 2.05) is 18.2 Å². The van der Waals surface area contributed by atoms with E-state index in [0.717, 1.165) is 31.1 Å². The molecule has 1 atom stereocenters. The number of aromatic nitrogens is 1. The number of pyridine rings is 1. The average Bonchev–Trinajstić information content (AvgIpc) is 2.65. The summed E-state index contributed by atoms with van der Waals surface area (Å²) in [5.41, 5.74) is 1.14. The van der Waals surface area contributed by atoms with Crippen LogP contribution in [0.3, 0.4) is 0 Å². The molecule has 134 valence electrons. The fourth-order valence-electron chi connectivity index (χ4n) is 3.12. The van der Waals surface area contributed by atoms with Crippen molar-refractivity contribution in [3.8, 4) is 5.75 Å². The van der Waals surface area contributed by atoms with Crippen molar-refractivity contribution in [1.29, 1.82) is 0 Å². The molecule has 3 rings (SSSR count). The van der Waals surface area contributed by atoms with E-state index >= 15 is 0 Å². The Morgan fingerprint density at radius 3 is 2.88 bits per heavy atom. The van der Waals surface area contributed by atoms with Crippen molar-refractivity contribution in [2.24, 2.45) is 0 Å². The number of likely N-dealkylation sites (tertiary alicyclic amines) is 1. The molecule has 6 heteroatoms. The number of hydrogen-bond acceptors (Lipinski definition) is 4. The number of ether oxygens (including phenoxy) is 2. The van der Waals surface area contributed by atoms with Gasteiger partial charge in [0.2, 0.25) is 0 Å². The van der Waals surface area contributed by atoms with E-state index in [9.17, 15) is 8.78 Å². The van der Waals surface area contributed by atoms with Gasteiger partial charge in [0.05, 0.1) is 25.5 Å². The van der Waals surface area contributed by atoms with Crippen LogP contribution in [-0.4, -0.2) is 36.2 Å².